The van der Waals surface area contributed by atoms with Crippen molar-refractivity contribution >= 4 is 11.6 Å². The second kappa shape index (κ2) is 3.74. The van der Waals surface area contributed by atoms with Crippen LogP contribution in [0.5, 0.6) is 0 Å². The van der Waals surface area contributed by atoms with Crippen molar-refractivity contribution in [3.05, 3.63) is 16.7 Å². The summed E-state index contributed by atoms with van der Waals surface area (Å²) >= 11 is 5.82. The summed E-state index contributed by atoms with van der Waals surface area (Å²) in [5.41, 5.74) is 0.964. The molecule has 0 aromatic carbocycles. The molecule has 0 saturated carbocycles. The van der Waals surface area contributed by atoms with E-state index in [1.165, 1.54) is 0 Å². The molecular weight excluding hydrogens is 162 g/mol. The summed E-state index contributed by atoms with van der Waals surface area (Å²) in [6, 6.07) is 0. The maximum atomic E-state index is 5.82. The number of H-pyrrole nitrogens is 1. The fourth-order valence-electron chi connectivity index (χ4n) is 0.901. The maximum Gasteiger partial charge on any atom is 0.151 e. The third kappa shape index (κ3) is 1.94. The number of halogens is 1. The molecule has 62 valence electrons. The van der Waals surface area contributed by atoms with Gasteiger partial charge in [-0.1, -0.05) is 18.5 Å². The van der Waals surface area contributed by atoms with E-state index >= 15 is 0 Å². The van der Waals surface area contributed by atoms with Crippen LogP contribution in [0.25, 0.3) is 0 Å². The lowest BCUT2D eigenvalue weighted by Crippen LogP contribution is -2.05. The summed E-state index contributed by atoms with van der Waals surface area (Å²) in [5, 5.41) is 3.59. The molecule has 0 aliphatic carbocycles. The second-order valence-corrected chi connectivity index (χ2v) is 2.69. The Morgan fingerprint density at radius 1 is 1.64 bits per heavy atom. The molecule has 0 aliphatic heterocycles. The molecule has 0 saturated heterocycles. The average molecular weight is 174 g/mol. The number of aromatic nitrogens is 2. The maximum absolute atomic E-state index is 5.82. The predicted molar refractivity (Wildman–Crippen MR) is 45.7 cm³/mol. The summed E-state index contributed by atoms with van der Waals surface area (Å²) in [6.45, 7) is 2.78. The summed E-state index contributed by atoms with van der Waals surface area (Å²) in [5.74, 6) is 0.945. The molecule has 0 amide bonds. The van der Waals surface area contributed by atoms with Gasteiger partial charge in [-0.3, -0.25) is 0 Å². The third-order valence-corrected chi connectivity index (χ3v) is 1.78. The molecule has 0 atom stereocenters. The van der Waals surface area contributed by atoms with E-state index in [4.69, 9.17) is 11.6 Å². The van der Waals surface area contributed by atoms with Gasteiger partial charge < -0.3 is 10.3 Å². The number of imidazole rings is 1. The van der Waals surface area contributed by atoms with Crippen molar-refractivity contribution in [2.45, 2.75) is 19.9 Å². The minimum Gasteiger partial charge on any atom is -0.344 e. The first-order valence-corrected chi connectivity index (χ1v) is 4.03. The van der Waals surface area contributed by atoms with Crippen molar-refractivity contribution in [1.29, 1.82) is 0 Å². The highest BCUT2D eigenvalue weighted by Gasteiger charge is 2.04. The number of rotatable bonds is 3. The smallest absolute Gasteiger partial charge is 0.151 e. The Morgan fingerprint density at radius 3 is 2.82 bits per heavy atom. The van der Waals surface area contributed by atoms with E-state index in [-0.39, 0.29) is 0 Å². The quantitative estimate of drug-likeness (QED) is 0.725. The van der Waals surface area contributed by atoms with Gasteiger partial charge in [-0.15, -0.1) is 0 Å². The Hall–Kier alpha value is -0.540. The molecule has 4 heteroatoms. The topological polar surface area (TPSA) is 40.7 Å². The Balaban J connectivity index is 2.79. The molecule has 0 fully saturated rings. The third-order valence-electron chi connectivity index (χ3n) is 1.47. The molecule has 2 N–H and O–H groups in total. The van der Waals surface area contributed by atoms with Gasteiger partial charge in [0.2, 0.25) is 0 Å². The lowest BCUT2D eigenvalue weighted by Gasteiger charge is -1.93. The Bertz CT molecular complexity index is 232. The van der Waals surface area contributed by atoms with Crippen LogP contribution in [-0.2, 0) is 13.0 Å². The van der Waals surface area contributed by atoms with E-state index in [1.54, 1.807) is 0 Å². The number of nitrogens with one attached hydrogen (secondary N) is 2. The fraction of sp³-hybridized carbons (Fsp3) is 0.571. The highest BCUT2D eigenvalue weighted by atomic mass is 35.5. The van der Waals surface area contributed by atoms with Crippen molar-refractivity contribution in [2.24, 2.45) is 0 Å². The van der Waals surface area contributed by atoms with E-state index < -0.39 is 0 Å². The first-order chi connectivity index (χ1) is 5.27. The van der Waals surface area contributed by atoms with Gasteiger partial charge in [0.1, 0.15) is 5.82 Å². The van der Waals surface area contributed by atoms with Crippen molar-refractivity contribution in [1.82, 2.24) is 15.3 Å². The summed E-state index contributed by atoms with van der Waals surface area (Å²) in [4.78, 5) is 7.24. The molecular formula is C7H12ClN3. The Kier molecular flexibility index (Phi) is 2.91. The first-order valence-electron chi connectivity index (χ1n) is 3.65. The molecule has 11 heavy (non-hydrogen) atoms. The van der Waals surface area contributed by atoms with Gasteiger partial charge in [-0.25, -0.2) is 4.98 Å². The van der Waals surface area contributed by atoms with E-state index in [0.717, 1.165) is 24.5 Å². The lowest BCUT2D eigenvalue weighted by molar-refractivity contribution is 0.792. The van der Waals surface area contributed by atoms with E-state index in [2.05, 4.69) is 15.3 Å². The highest BCUT2D eigenvalue weighted by Crippen LogP contribution is 2.12. The Morgan fingerprint density at radius 2 is 2.36 bits per heavy atom. The van der Waals surface area contributed by atoms with Crippen molar-refractivity contribution < 1.29 is 0 Å². The number of hydrogen-bond donors (Lipinski definition) is 2. The van der Waals surface area contributed by atoms with Crippen LogP contribution in [0.1, 0.15) is 18.4 Å². The van der Waals surface area contributed by atoms with Gasteiger partial charge in [-0.2, -0.15) is 0 Å². The first kappa shape index (κ1) is 8.56. The molecule has 1 heterocycles. The van der Waals surface area contributed by atoms with Crippen LogP contribution in [0.4, 0.5) is 0 Å². The zero-order valence-electron chi connectivity index (χ0n) is 6.74. The molecule has 0 bridgehead atoms. The number of aryl methyl sites for hydroxylation is 1. The largest absolute Gasteiger partial charge is 0.344 e. The van der Waals surface area contributed by atoms with E-state index in [0.29, 0.717) is 5.15 Å². The predicted octanol–water partition coefficient (Wildman–Crippen LogP) is 1.34. The highest BCUT2D eigenvalue weighted by molar-refractivity contribution is 6.30. The molecule has 0 radical (unpaired) electrons. The Labute approximate surface area is 71.2 Å². The molecule has 1 aromatic rings. The minimum absolute atomic E-state index is 0.580. The second-order valence-electron chi connectivity index (χ2n) is 2.34. The number of hydrogen-bond acceptors (Lipinski definition) is 2. The molecule has 0 aliphatic rings. The summed E-state index contributed by atoms with van der Waals surface area (Å²) in [7, 11) is 1.88. The van der Waals surface area contributed by atoms with Crippen LogP contribution >= 0.6 is 11.6 Å². The zero-order chi connectivity index (χ0) is 8.27. The van der Waals surface area contributed by atoms with Crippen molar-refractivity contribution in [3.8, 4) is 0 Å². The summed E-state index contributed by atoms with van der Waals surface area (Å²) < 4.78 is 0. The van der Waals surface area contributed by atoms with Gasteiger partial charge in [0.15, 0.2) is 5.15 Å². The van der Waals surface area contributed by atoms with Gasteiger partial charge in [0, 0.05) is 13.0 Å². The van der Waals surface area contributed by atoms with Crippen molar-refractivity contribution in [2.75, 3.05) is 7.05 Å². The molecule has 0 unspecified atom stereocenters. The molecule has 1 rings (SSSR count). The monoisotopic (exact) mass is 173 g/mol. The van der Waals surface area contributed by atoms with Crippen LogP contribution in [0.2, 0.25) is 5.15 Å². The van der Waals surface area contributed by atoms with Crippen LogP contribution in [0.15, 0.2) is 0 Å². The minimum atomic E-state index is 0.580. The van der Waals surface area contributed by atoms with Crippen molar-refractivity contribution in [3.63, 3.8) is 0 Å². The molecule has 0 spiro atoms. The van der Waals surface area contributed by atoms with Gasteiger partial charge in [0.05, 0.1) is 5.69 Å². The van der Waals surface area contributed by atoms with Crippen LogP contribution in [-0.4, -0.2) is 17.0 Å². The van der Waals surface area contributed by atoms with Crippen LogP contribution in [0, 0.1) is 0 Å². The van der Waals surface area contributed by atoms with Crippen LogP contribution < -0.4 is 5.32 Å². The fourth-order valence-corrected chi connectivity index (χ4v) is 1.12. The lowest BCUT2D eigenvalue weighted by atomic mass is 10.4. The standard InChI is InChI=1S/C7H12ClN3/c1-3-6-10-5(4-9-2)7(8)11-6/h9H,3-4H2,1-2H3,(H,10,11). The van der Waals surface area contributed by atoms with Crippen LogP contribution in [0.3, 0.4) is 0 Å². The van der Waals surface area contributed by atoms with Gasteiger partial charge in [0.25, 0.3) is 0 Å². The average Bonchev–Trinajstić information content (AvgIpc) is 2.33. The molecule has 1 aromatic heterocycles. The van der Waals surface area contributed by atoms with Gasteiger partial charge >= 0.3 is 0 Å². The van der Waals surface area contributed by atoms with Gasteiger partial charge in [-0.05, 0) is 7.05 Å². The molecule has 3 nitrogen and oxygen atoms in total. The SMILES string of the molecule is CCc1nc(Cl)c(CNC)[nH]1. The normalized spacial score (nSPS) is 10.5. The van der Waals surface area contributed by atoms with E-state index in [1.807, 2.05) is 14.0 Å². The van der Waals surface area contributed by atoms with E-state index in [9.17, 15) is 0 Å². The zero-order valence-corrected chi connectivity index (χ0v) is 7.50. The number of aromatic amines is 1. The summed E-state index contributed by atoms with van der Waals surface area (Å²) in [6.07, 6.45) is 0.892. The number of nitrogens with zero attached hydrogens (tertiary/aromatic N) is 1.